The van der Waals surface area contributed by atoms with E-state index < -0.39 is 0 Å². The molecule has 0 saturated carbocycles. The van der Waals surface area contributed by atoms with Crippen molar-refractivity contribution < 1.29 is 0 Å². The van der Waals surface area contributed by atoms with Crippen molar-refractivity contribution in [3.8, 4) is 0 Å². The summed E-state index contributed by atoms with van der Waals surface area (Å²) in [5.41, 5.74) is 1.20. The summed E-state index contributed by atoms with van der Waals surface area (Å²) >= 11 is 5.51. The highest BCUT2D eigenvalue weighted by Gasteiger charge is 1.84. The average molecular weight is 131 g/mol. The zero-order valence-electron chi connectivity index (χ0n) is 3.66. The molecule has 0 atom stereocenters. The summed E-state index contributed by atoms with van der Waals surface area (Å²) in [5.74, 6) is 0.802. The van der Waals surface area contributed by atoms with Gasteiger partial charge in [0.1, 0.15) is 0 Å². The normalized spacial score (nSPS) is 9.29. The van der Waals surface area contributed by atoms with Crippen molar-refractivity contribution in [2.45, 2.75) is 5.75 Å². The van der Waals surface area contributed by atoms with Gasteiger partial charge < -0.3 is 0 Å². The summed E-state index contributed by atoms with van der Waals surface area (Å²) in [7, 11) is 0. The molecule has 1 rings (SSSR count). The van der Waals surface area contributed by atoms with Crippen LogP contribution in [0.5, 0.6) is 0 Å². The van der Waals surface area contributed by atoms with Crippen LogP contribution in [-0.2, 0) is 5.75 Å². The van der Waals surface area contributed by atoms with Crippen molar-refractivity contribution in [2.75, 3.05) is 0 Å². The summed E-state index contributed by atoms with van der Waals surface area (Å²) in [4.78, 5) is 0. The lowest BCUT2D eigenvalue weighted by molar-refractivity contribution is 1.42. The largest absolute Gasteiger partial charge is 0.201 e. The van der Waals surface area contributed by atoms with Gasteiger partial charge in [-0.05, 0) is 17.1 Å². The highest BCUT2D eigenvalue weighted by molar-refractivity contribution is 7.79. The second-order valence-electron chi connectivity index (χ2n) is 1.19. The topological polar surface area (TPSA) is 12.9 Å². The molecule has 0 aliphatic carbocycles. The molecule has 0 radical (unpaired) electrons. The SMILES string of the molecule is SCc1cnsc1. The minimum absolute atomic E-state index is 0.802. The molecule has 1 aromatic heterocycles. The Kier molecular flexibility index (Phi) is 1.70. The van der Waals surface area contributed by atoms with Crippen molar-refractivity contribution in [1.82, 2.24) is 4.37 Å². The molecule has 0 amide bonds. The highest BCUT2D eigenvalue weighted by Crippen LogP contribution is 2.02. The Labute approximate surface area is 52.0 Å². The molecule has 0 aromatic carbocycles. The van der Waals surface area contributed by atoms with E-state index in [0.717, 1.165) is 5.75 Å². The monoisotopic (exact) mass is 131 g/mol. The first-order valence-electron chi connectivity index (χ1n) is 1.92. The van der Waals surface area contributed by atoms with E-state index in [-0.39, 0.29) is 0 Å². The Balaban J connectivity index is 2.76. The van der Waals surface area contributed by atoms with Gasteiger partial charge in [-0.25, -0.2) is 4.37 Å². The summed E-state index contributed by atoms with van der Waals surface area (Å²) in [5, 5.41) is 1.99. The van der Waals surface area contributed by atoms with Crippen molar-refractivity contribution in [1.29, 1.82) is 0 Å². The van der Waals surface area contributed by atoms with Gasteiger partial charge in [0, 0.05) is 17.3 Å². The van der Waals surface area contributed by atoms with Crippen LogP contribution in [0.25, 0.3) is 0 Å². The third-order valence-electron chi connectivity index (χ3n) is 0.666. The number of nitrogens with zero attached hydrogens (tertiary/aromatic N) is 1. The van der Waals surface area contributed by atoms with Crippen LogP contribution in [-0.4, -0.2) is 4.37 Å². The van der Waals surface area contributed by atoms with E-state index in [9.17, 15) is 0 Å². The van der Waals surface area contributed by atoms with E-state index in [1.54, 1.807) is 0 Å². The fourth-order valence-electron chi connectivity index (χ4n) is 0.305. The Morgan fingerprint density at radius 1 is 1.86 bits per heavy atom. The molecule has 0 bridgehead atoms. The van der Waals surface area contributed by atoms with Gasteiger partial charge in [-0.2, -0.15) is 12.6 Å². The molecule has 1 nitrogen and oxygen atoms in total. The lowest BCUT2D eigenvalue weighted by atomic mass is 10.4. The summed E-state index contributed by atoms with van der Waals surface area (Å²) in [6.45, 7) is 0. The fourth-order valence-corrected chi connectivity index (χ4v) is 1.14. The number of aromatic nitrogens is 1. The van der Waals surface area contributed by atoms with Crippen LogP contribution in [0.2, 0.25) is 0 Å². The second kappa shape index (κ2) is 2.33. The van der Waals surface area contributed by atoms with Crippen LogP contribution in [0.1, 0.15) is 5.56 Å². The maximum Gasteiger partial charge on any atom is 0.0447 e. The highest BCUT2D eigenvalue weighted by atomic mass is 32.1. The van der Waals surface area contributed by atoms with Crippen LogP contribution in [0.15, 0.2) is 11.6 Å². The molecule has 0 aliphatic heterocycles. The molecule has 1 aromatic rings. The zero-order chi connectivity index (χ0) is 5.11. The average Bonchev–Trinajstić information content (AvgIpc) is 2.14. The van der Waals surface area contributed by atoms with Gasteiger partial charge >= 0.3 is 0 Å². The van der Waals surface area contributed by atoms with Gasteiger partial charge in [-0.3, -0.25) is 0 Å². The van der Waals surface area contributed by atoms with Gasteiger partial charge in [-0.15, -0.1) is 0 Å². The molecular formula is C4H5NS2. The van der Waals surface area contributed by atoms with Crippen LogP contribution in [0.4, 0.5) is 0 Å². The quantitative estimate of drug-likeness (QED) is 0.571. The summed E-state index contributed by atoms with van der Waals surface area (Å²) in [6, 6.07) is 0. The lowest BCUT2D eigenvalue weighted by Gasteiger charge is -1.76. The van der Waals surface area contributed by atoms with Crippen LogP contribution >= 0.6 is 24.2 Å². The van der Waals surface area contributed by atoms with Crippen molar-refractivity contribution in [3.05, 3.63) is 17.1 Å². The molecule has 0 saturated heterocycles. The second-order valence-corrected chi connectivity index (χ2v) is 2.16. The Hall–Kier alpha value is -0.0200. The van der Waals surface area contributed by atoms with E-state index >= 15 is 0 Å². The predicted octanol–water partition coefficient (Wildman–Crippen LogP) is 1.57. The number of hydrogen-bond acceptors (Lipinski definition) is 3. The molecule has 0 spiro atoms. The van der Waals surface area contributed by atoms with E-state index in [2.05, 4.69) is 17.0 Å². The molecule has 0 aliphatic rings. The van der Waals surface area contributed by atoms with Gasteiger partial charge in [0.15, 0.2) is 0 Å². The van der Waals surface area contributed by atoms with Crippen LogP contribution in [0.3, 0.4) is 0 Å². The first-order chi connectivity index (χ1) is 3.43. The summed E-state index contributed by atoms with van der Waals surface area (Å²) < 4.78 is 3.89. The Morgan fingerprint density at radius 3 is 3.00 bits per heavy atom. The lowest BCUT2D eigenvalue weighted by Crippen LogP contribution is -1.63. The van der Waals surface area contributed by atoms with Crippen molar-refractivity contribution >= 4 is 24.2 Å². The molecule has 0 fully saturated rings. The first kappa shape index (κ1) is 5.12. The minimum Gasteiger partial charge on any atom is -0.201 e. The Bertz CT molecular complexity index is 124. The van der Waals surface area contributed by atoms with E-state index in [0.29, 0.717) is 0 Å². The molecule has 3 heteroatoms. The molecule has 7 heavy (non-hydrogen) atoms. The maximum absolute atomic E-state index is 4.04. The van der Waals surface area contributed by atoms with Gasteiger partial charge in [-0.1, -0.05) is 0 Å². The van der Waals surface area contributed by atoms with Gasteiger partial charge in [0.25, 0.3) is 0 Å². The maximum atomic E-state index is 4.04. The smallest absolute Gasteiger partial charge is 0.0447 e. The number of hydrogen-bond donors (Lipinski definition) is 1. The van der Waals surface area contributed by atoms with Crippen LogP contribution < -0.4 is 0 Å². The molecular weight excluding hydrogens is 126 g/mol. The van der Waals surface area contributed by atoms with Gasteiger partial charge in [0.2, 0.25) is 0 Å². The minimum atomic E-state index is 0.802. The summed E-state index contributed by atoms with van der Waals surface area (Å²) in [6.07, 6.45) is 1.83. The first-order valence-corrected chi connectivity index (χ1v) is 3.39. The van der Waals surface area contributed by atoms with E-state index in [4.69, 9.17) is 0 Å². The van der Waals surface area contributed by atoms with E-state index in [1.807, 2.05) is 11.6 Å². The molecule has 1 heterocycles. The third-order valence-corrected chi connectivity index (χ3v) is 1.67. The number of thiol groups is 1. The third kappa shape index (κ3) is 1.17. The standard InChI is InChI=1S/C4H5NS2/c6-2-4-1-5-7-3-4/h1,3,6H,2H2. The van der Waals surface area contributed by atoms with Crippen molar-refractivity contribution in [2.24, 2.45) is 0 Å². The molecule has 0 N–H and O–H groups in total. The van der Waals surface area contributed by atoms with Crippen molar-refractivity contribution in [3.63, 3.8) is 0 Å². The number of rotatable bonds is 1. The fraction of sp³-hybridized carbons (Fsp3) is 0.250. The Morgan fingerprint density at radius 2 is 2.71 bits per heavy atom. The van der Waals surface area contributed by atoms with Gasteiger partial charge in [0.05, 0.1) is 0 Å². The molecule has 0 unspecified atom stereocenters. The zero-order valence-corrected chi connectivity index (χ0v) is 5.38. The van der Waals surface area contributed by atoms with E-state index in [1.165, 1.54) is 17.1 Å². The van der Waals surface area contributed by atoms with Crippen LogP contribution in [0, 0.1) is 0 Å². The molecule has 38 valence electrons. The predicted molar refractivity (Wildman–Crippen MR) is 34.8 cm³/mol.